The molecule has 0 fully saturated rings. The molecule has 0 bridgehead atoms. The minimum atomic E-state index is -0.770. The third kappa shape index (κ3) is 11.9. The summed E-state index contributed by atoms with van der Waals surface area (Å²) in [5.74, 6) is -3.47. The molecule has 0 aliphatic rings. The number of aromatic hydroxyl groups is 2. The lowest BCUT2D eigenvalue weighted by atomic mass is 9.96. The van der Waals surface area contributed by atoms with Crippen LogP contribution in [-0.4, -0.2) is 33.8 Å². The number of hydrazine groups is 2. The average Bonchev–Trinajstić information content (AvgIpc) is 3.02. The van der Waals surface area contributed by atoms with E-state index in [1.807, 2.05) is 13.8 Å². The van der Waals surface area contributed by atoms with Crippen LogP contribution < -0.4 is 21.7 Å². The van der Waals surface area contributed by atoms with Crippen molar-refractivity contribution >= 4 is 23.6 Å². The molecular formula is C34H50N4O6. The summed E-state index contributed by atoms with van der Waals surface area (Å²) in [6, 6.07) is 9.84. The zero-order valence-corrected chi connectivity index (χ0v) is 26.5. The zero-order valence-electron chi connectivity index (χ0n) is 26.5. The molecule has 10 heteroatoms. The standard InChI is InChI=1S/C34H50N4O6/c1-4-7-10-11-12-13-18-26(32(42)36-38-34(44)28-22-15-20-25(31(28)41)17-9-6-3)23-29(39)35-37-33(43)27-21-14-19-24(30(27)40)16-8-5-2/h14-15,19-22,26,40-41H,4-13,16-18,23H2,1-3H3,(H,35,39)(H,36,42)(H,37,43)(H,38,44). The van der Waals surface area contributed by atoms with E-state index in [1.54, 1.807) is 24.3 Å². The molecule has 1 atom stereocenters. The highest BCUT2D eigenvalue weighted by molar-refractivity contribution is 5.99. The van der Waals surface area contributed by atoms with Crippen molar-refractivity contribution in [3.05, 3.63) is 58.7 Å². The van der Waals surface area contributed by atoms with Gasteiger partial charge in [0.1, 0.15) is 11.5 Å². The summed E-state index contributed by atoms with van der Waals surface area (Å²) < 4.78 is 0. The number of aryl methyl sites for hydroxylation is 2. The highest BCUT2D eigenvalue weighted by Crippen LogP contribution is 2.25. The van der Waals surface area contributed by atoms with Crippen molar-refractivity contribution in [2.75, 3.05) is 0 Å². The van der Waals surface area contributed by atoms with Gasteiger partial charge in [-0.15, -0.1) is 0 Å². The maximum atomic E-state index is 13.1. The number of hydrogen-bond donors (Lipinski definition) is 6. The second-order valence-corrected chi connectivity index (χ2v) is 11.2. The number of hydrogen-bond acceptors (Lipinski definition) is 6. The first-order valence-electron chi connectivity index (χ1n) is 16.0. The number of phenols is 2. The van der Waals surface area contributed by atoms with Gasteiger partial charge in [-0.05, 0) is 55.4 Å². The van der Waals surface area contributed by atoms with Crippen molar-refractivity contribution in [2.24, 2.45) is 5.92 Å². The van der Waals surface area contributed by atoms with E-state index in [1.165, 1.54) is 12.1 Å². The van der Waals surface area contributed by atoms with Gasteiger partial charge in [-0.2, -0.15) is 0 Å². The van der Waals surface area contributed by atoms with Gasteiger partial charge in [-0.25, -0.2) is 0 Å². The van der Waals surface area contributed by atoms with Gasteiger partial charge in [0, 0.05) is 12.3 Å². The Kier molecular flexibility index (Phi) is 16.4. The van der Waals surface area contributed by atoms with Crippen LogP contribution in [-0.2, 0) is 22.4 Å². The van der Waals surface area contributed by atoms with Crippen LogP contribution in [0.2, 0.25) is 0 Å². The minimum Gasteiger partial charge on any atom is -0.507 e. The van der Waals surface area contributed by atoms with Crippen LogP contribution in [0.1, 0.15) is 130 Å². The third-order valence-electron chi connectivity index (χ3n) is 7.65. The lowest BCUT2D eigenvalue weighted by Crippen LogP contribution is -2.47. The van der Waals surface area contributed by atoms with Crippen LogP contribution in [0, 0.1) is 5.92 Å². The Morgan fingerprint density at radius 2 is 1.09 bits per heavy atom. The van der Waals surface area contributed by atoms with Crippen LogP contribution in [0.15, 0.2) is 36.4 Å². The highest BCUT2D eigenvalue weighted by Gasteiger charge is 2.24. The Hall–Kier alpha value is -4.08. The van der Waals surface area contributed by atoms with E-state index in [0.717, 1.165) is 57.8 Å². The molecule has 0 aromatic heterocycles. The highest BCUT2D eigenvalue weighted by atomic mass is 16.3. The summed E-state index contributed by atoms with van der Waals surface area (Å²) >= 11 is 0. The van der Waals surface area contributed by atoms with Crippen molar-refractivity contribution < 1.29 is 29.4 Å². The molecule has 0 saturated heterocycles. The number of amides is 4. The number of benzene rings is 2. The van der Waals surface area contributed by atoms with Gasteiger partial charge >= 0.3 is 0 Å². The molecule has 0 aliphatic heterocycles. The summed E-state index contributed by atoms with van der Waals surface area (Å²) in [6.45, 7) is 6.21. The van der Waals surface area contributed by atoms with E-state index in [4.69, 9.17) is 0 Å². The Bertz CT molecular complexity index is 1230. The molecule has 10 nitrogen and oxygen atoms in total. The van der Waals surface area contributed by atoms with Crippen molar-refractivity contribution in [1.29, 1.82) is 0 Å². The number of rotatable bonds is 18. The Balaban J connectivity index is 2.01. The molecule has 2 aromatic rings. The second-order valence-electron chi connectivity index (χ2n) is 11.2. The molecule has 6 N–H and O–H groups in total. The summed E-state index contributed by atoms with van der Waals surface area (Å²) in [4.78, 5) is 51.4. The molecule has 0 heterocycles. The van der Waals surface area contributed by atoms with Gasteiger partial charge in [0.15, 0.2) is 0 Å². The second kappa shape index (κ2) is 20.0. The number of nitrogens with one attached hydrogen (secondary N) is 4. The smallest absolute Gasteiger partial charge is 0.273 e. The van der Waals surface area contributed by atoms with Gasteiger partial charge in [0.05, 0.1) is 11.1 Å². The lowest BCUT2D eigenvalue weighted by molar-refractivity contribution is -0.131. The maximum absolute atomic E-state index is 13.1. The molecular weight excluding hydrogens is 560 g/mol. The van der Waals surface area contributed by atoms with Gasteiger partial charge < -0.3 is 10.2 Å². The van der Waals surface area contributed by atoms with Gasteiger partial charge in [0.25, 0.3) is 11.8 Å². The van der Waals surface area contributed by atoms with E-state index in [2.05, 4.69) is 28.6 Å². The number of phenolic OH excluding ortho intramolecular Hbond substituents is 2. The molecule has 2 aromatic carbocycles. The SMILES string of the molecule is CCCCCCCCC(CC(=O)NNC(=O)c1cccc(CCCC)c1O)C(=O)NNC(=O)c1cccc(CCCC)c1O. The summed E-state index contributed by atoms with van der Waals surface area (Å²) in [7, 11) is 0. The molecule has 2 rings (SSSR count). The zero-order chi connectivity index (χ0) is 32.3. The monoisotopic (exact) mass is 610 g/mol. The topological polar surface area (TPSA) is 157 Å². The van der Waals surface area contributed by atoms with E-state index in [9.17, 15) is 29.4 Å². The normalized spacial score (nSPS) is 11.4. The molecule has 0 saturated carbocycles. The van der Waals surface area contributed by atoms with Crippen LogP contribution in [0.3, 0.4) is 0 Å². The average molecular weight is 611 g/mol. The first kappa shape index (κ1) is 36.1. The number of para-hydroxylation sites is 2. The number of unbranched alkanes of at least 4 members (excludes halogenated alkanes) is 7. The molecule has 1 unspecified atom stereocenters. The maximum Gasteiger partial charge on any atom is 0.273 e. The van der Waals surface area contributed by atoms with Crippen molar-refractivity contribution in [3.63, 3.8) is 0 Å². The molecule has 4 amide bonds. The lowest BCUT2D eigenvalue weighted by Gasteiger charge is -2.18. The van der Waals surface area contributed by atoms with Gasteiger partial charge in [-0.1, -0.05) is 96.4 Å². The van der Waals surface area contributed by atoms with Gasteiger partial charge in [0.2, 0.25) is 11.8 Å². The summed E-state index contributed by atoms with van der Waals surface area (Å²) in [5.41, 5.74) is 10.9. The van der Waals surface area contributed by atoms with Crippen LogP contribution in [0.5, 0.6) is 11.5 Å². The van der Waals surface area contributed by atoms with E-state index < -0.39 is 29.5 Å². The van der Waals surface area contributed by atoms with Crippen LogP contribution >= 0.6 is 0 Å². The fourth-order valence-electron chi connectivity index (χ4n) is 4.94. The predicted octanol–water partition coefficient (Wildman–Crippen LogP) is 5.76. The fourth-order valence-corrected chi connectivity index (χ4v) is 4.94. The quantitative estimate of drug-likeness (QED) is 0.0930. The first-order valence-corrected chi connectivity index (χ1v) is 16.0. The summed E-state index contributed by atoms with van der Waals surface area (Å²) in [5, 5.41) is 21.1. The van der Waals surface area contributed by atoms with E-state index in [-0.39, 0.29) is 29.0 Å². The molecule has 0 aliphatic carbocycles. The van der Waals surface area contributed by atoms with Crippen molar-refractivity contribution in [2.45, 2.75) is 111 Å². The Morgan fingerprint density at radius 3 is 1.61 bits per heavy atom. The van der Waals surface area contributed by atoms with Crippen molar-refractivity contribution in [3.8, 4) is 11.5 Å². The van der Waals surface area contributed by atoms with Crippen LogP contribution in [0.4, 0.5) is 0 Å². The number of carbonyl (C=O) groups is 4. The van der Waals surface area contributed by atoms with E-state index in [0.29, 0.717) is 36.8 Å². The molecule has 0 spiro atoms. The molecule has 242 valence electrons. The van der Waals surface area contributed by atoms with Crippen molar-refractivity contribution in [1.82, 2.24) is 21.7 Å². The first-order chi connectivity index (χ1) is 21.2. The summed E-state index contributed by atoms with van der Waals surface area (Å²) in [6.07, 6.45) is 11.1. The molecule has 0 radical (unpaired) electrons. The van der Waals surface area contributed by atoms with Gasteiger partial charge in [-0.3, -0.25) is 40.9 Å². The Labute approximate surface area is 261 Å². The Morgan fingerprint density at radius 1 is 0.614 bits per heavy atom. The molecule has 44 heavy (non-hydrogen) atoms. The fraction of sp³-hybridized carbons (Fsp3) is 0.529. The van der Waals surface area contributed by atoms with E-state index >= 15 is 0 Å². The predicted molar refractivity (Wildman–Crippen MR) is 171 cm³/mol. The minimum absolute atomic E-state index is 0.0463. The van der Waals surface area contributed by atoms with Crippen LogP contribution in [0.25, 0.3) is 0 Å². The number of carbonyl (C=O) groups excluding carboxylic acids is 4. The third-order valence-corrected chi connectivity index (χ3v) is 7.65. The largest absolute Gasteiger partial charge is 0.507 e.